The Labute approximate surface area is 188 Å². The first-order valence-electron chi connectivity index (χ1n) is 11.0. The topological polar surface area (TPSA) is 95.8 Å². The van der Waals surface area contributed by atoms with Crippen molar-refractivity contribution in [2.45, 2.75) is 44.9 Å². The highest BCUT2D eigenvalue weighted by Gasteiger charge is 2.25. The van der Waals surface area contributed by atoms with E-state index in [1.54, 1.807) is 0 Å². The average molecular weight is 454 g/mol. The largest absolute Gasteiger partial charge is 0.378 e. The fraction of sp³-hybridized carbons (Fsp3) is 0.800. The van der Waals surface area contributed by atoms with Gasteiger partial charge in [0.2, 0.25) is 17.8 Å². The zero-order chi connectivity index (χ0) is 22.4. The Morgan fingerprint density at radius 1 is 1.06 bits per heavy atom. The van der Waals surface area contributed by atoms with Crippen molar-refractivity contribution in [3.05, 3.63) is 0 Å². The minimum Gasteiger partial charge on any atom is -0.378 e. The van der Waals surface area contributed by atoms with Crippen LogP contribution in [0.25, 0.3) is 0 Å². The van der Waals surface area contributed by atoms with Crippen molar-refractivity contribution in [1.29, 1.82) is 0 Å². The van der Waals surface area contributed by atoms with E-state index in [2.05, 4.69) is 36.8 Å². The highest BCUT2D eigenvalue weighted by atomic mass is 32.2. The number of nitrogens with zero attached hydrogens (tertiary/aromatic N) is 6. The highest BCUT2D eigenvalue weighted by molar-refractivity contribution is 7.99. The van der Waals surface area contributed by atoms with Crippen LogP contribution in [0.3, 0.4) is 0 Å². The molecule has 3 heterocycles. The van der Waals surface area contributed by atoms with E-state index in [1.165, 1.54) is 11.8 Å². The average Bonchev–Trinajstić information content (AvgIpc) is 3.14. The number of hydrogen-bond donors (Lipinski definition) is 1. The van der Waals surface area contributed by atoms with Crippen molar-refractivity contribution in [3.8, 4) is 0 Å². The quantitative estimate of drug-likeness (QED) is 0.589. The number of carbonyl (C=O) groups is 2. The molecule has 3 rings (SSSR count). The van der Waals surface area contributed by atoms with Crippen LogP contribution >= 0.6 is 11.8 Å². The third-order valence-electron chi connectivity index (χ3n) is 5.24. The van der Waals surface area contributed by atoms with Crippen molar-refractivity contribution in [2.24, 2.45) is 0 Å². The molecule has 10 nitrogen and oxygen atoms in total. The number of anilines is 1. The highest BCUT2D eigenvalue weighted by Crippen LogP contribution is 2.23. The molecule has 2 aliphatic heterocycles. The van der Waals surface area contributed by atoms with E-state index >= 15 is 0 Å². The fourth-order valence-electron chi connectivity index (χ4n) is 3.70. The molecule has 0 radical (unpaired) electrons. The van der Waals surface area contributed by atoms with Gasteiger partial charge in [0.15, 0.2) is 5.16 Å². The van der Waals surface area contributed by atoms with Crippen LogP contribution in [0, 0.1) is 0 Å². The summed E-state index contributed by atoms with van der Waals surface area (Å²) >= 11 is 1.44. The second kappa shape index (κ2) is 10.6. The lowest BCUT2D eigenvalue weighted by molar-refractivity contribution is -0.130. The van der Waals surface area contributed by atoms with Gasteiger partial charge in [0.1, 0.15) is 0 Å². The van der Waals surface area contributed by atoms with Crippen molar-refractivity contribution in [1.82, 2.24) is 29.9 Å². The molecule has 2 saturated heterocycles. The van der Waals surface area contributed by atoms with Gasteiger partial charge in [-0.1, -0.05) is 11.8 Å². The molecule has 2 aliphatic rings. The number of morpholine rings is 1. The zero-order valence-electron chi connectivity index (χ0n) is 19.1. The minimum absolute atomic E-state index is 0.0257. The molecular weight excluding hydrogens is 418 g/mol. The van der Waals surface area contributed by atoms with E-state index in [4.69, 9.17) is 4.74 Å². The van der Waals surface area contributed by atoms with Crippen LogP contribution < -0.4 is 10.2 Å². The molecule has 2 amide bonds. The smallest absolute Gasteiger partial charge is 0.234 e. The second-order valence-electron chi connectivity index (χ2n) is 8.87. The number of rotatable bonds is 7. The Bertz CT molecular complexity index is 750. The van der Waals surface area contributed by atoms with Gasteiger partial charge in [-0.15, -0.1) is 10.2 Å². The number of aromatic nitrogens is 3. The normalized spacial score (nSPS) is 18.3. The first kappa shape index (κ1) is 23.8. The maximum absolute atomic E-state index is 12.7. The van der Waals surface area contributed by atoms with Gasteiger partial charge in [0, 0.05) is 51.4 Å². The molecule has 0 spiro atoms. The van der Waals surface area contributed by atoms with Gasteiger partial charge in [0.25, 0.3) is 0 Å². The molecule has 1 N–H and O–H groups in total. The second-order valence-corrected chi connectivity index (χ2v) is 9.81. The third-order valence-corrected chi connectivity index (χ3v) is 6.19. The van der Waals surface area contributed by atoms with Crippen LogP contribution in [0.5, 0.6) is 0 Å². The Kier molecular flexibility index (Phi) is 8.17. The van der Waals surface area contributed by atoms with Crippen LogP contribution in [0.1, 0.15) is 27.7 Å². The number of carbonyl (C=O) groups excluding carboxylic acids is 2. The predicted molar refractivity (Wildman–Crippen MR) is 120 cm³/mol. The summed E-state index contributed by atoms with van der Waals surface area (Å²) in [5, 5.41) is 12.4. The lowest BCUT2D eigenvalue weighted by Gasteiger charge is -2.34. The minimum atomic E-state index is -0.229. The van der Waals surface area contributed by atoms with Crippen LogP contribution in [-0.4, -0.2) is 107 Å². The first-order chi connectivity index (χ1) is 14.8. The number of ether oxygens (including phenoxy) is 1. The van der Waals surface area contributed by atoms with E-state index in [-0.39, 0.29) is 17.4 Å². The van der Waals surface area contributed by atoms with E-state index in [9.17, 15) is 9.59 Å². The van der Waals surface area contributed by atoms with E-state index in [0.717, 1.165) is 30.7 Å². The van der Waals surface area contributed by atoms with Gasteiger partial charge in [-0.2, -0.15) is 0 Å². The van der Waals surface area contributed by atoms with E-state index in [0.29, 0.717) is 51.7 Å². The molecule has 11 heteroatoms. The van der Waals surface area contributed by atoms with Crippen LogP contribution in [0.4, 0.5) is 5.95 Å². The summed E-state index contributed by atoms with van der Waals surface area (Å²) in [5.41, 5.74) is -0.229. The molecule has 0 unspecified atom stereocenters. The molecule has 2 fully saturated rings. The van der Waals surface area contributed by atoms with Gasteiger partial charge in [0.05, 0.1) is 25.5 Å². The van der Waals surface area contributed by atoms with E-state index < -0.39 is 0 Å². The third kappa shape index (κ3) is 6.81. The summed E-state index contributed by atoms with van der Waals surface area (Å²) in [5.74, 6) is 1.31. The molecule has 0 aromatic carbocycles. The van der Waals surface area contributed by atoms with Gasteiger partial charge >= 0.3 is 0 Å². The first-order valence-corrected chi connectivity index (χ1v) is 11.9. The van der Waals surface area contributed by atoms with E-state index in [1.807, 2.05) is 25.7 Å². The molecule has 0 saturated carbocycles. The summed E-state index contributed by atoms with van der Waals surface area (Å²) in [6.45, 7) is 14.8. The number of piperazine rings is 1. The van der Waals surface area contributed by atoms with Crippen LogP contribution in [-0.2, 0) is 20.9 Å². The zero-order valence-corrected chi connectivity index (χ0v) is 19.9. The van der Waals surface area contributed by atoms with Gasteiger partial charge in [-0.05, 0) is 27.7 Å². The maximum atomic E-state index is 12.7. The Morgan fingerprint density at radius 3 is 2.35 bits per heavy atom. The molecule has 31 heavy (non-hydrogen) atoms. The Balaban J connectivity index is 1.45. The summed E-state index contributed by atoms with van der Waals surface area (Å²) in [7, 11) is 0. The Morgan fingerprint density at radius 2 is 1.74 bits per heavy atom. The number of nitrogens with one attached hydrogen (secondary N) is 1. The Hall–Kier alpha value is -1.85. The lowest BCUT2D eigenvalue weighted by Crippen LogP contribution is -2.53. The summed E-state index contributed by atoms with van der Waals surface area (Å²) in [4.78, 5) is 31.0. The number of hydrogen-bond acceptors (Lipinski definition) is 8. The van der Waals surface area contributed by atoms with Gasteiger partial charge in [-0.3, -0.25) is 19.1 Å². The van der Waals surface area contributed by atoms with Crippen LogP contribution in [0.15, 0.2) is 5.16 Å². The lowest BCUT2D eigenvalue weighted by atomic mass is 10.1. The number of thioether (sulfide) groups is 1. The number of amides is 2. The maximum Gasteiger partial charge on any atom is 0.234 e. The SMILES string of the molecule is CCn1c(SCC(=O)N2CCN(CC(=O)NC(C)(C)C)CC2)nnc1N1CCOCC1. The van der Waals surface area contributed by atoms with Gasteiger partial charge in [-0.25, -0.2) is 0 Å². The van der Waals surface area contributed by atoms with Gasteiger partial charge < -0.3 is 19.9 Å². The molecular formula is C20H35N7O3S. The molecule has 1 aromatic rings. The van der Waals surface area contributed by atoms with Crippen molar-refractivity contribution in [2.75, 3.05) is 69.7 Å². The van der Waals surface area contributed by atoms with Crippen molar-refractivity contribution >= 4 is 29.5 Å². The molecule has 1 aromatic heterocycles. The molecule has 0 bridgehead atoms. The van der Waals surface area contributed by atoms with Crippen LogP contribution in [0.2, 0.25) is 0 Å². The fourth-order valence-corrected chi connectivity index (χ4v) is 4.60. The standard InChI is InChI=1S/C20H35N7O3S/c1-5-27-18(26-10-12-30-13-11-26)22-23-19(27)31-15-17(29)25-8-6-24(7-9-25)14-16(28)21-20(2,3)4/h5-15H2,1-4H3,(H,21,28). The van der Waals surface area contributed by atoms with Crippen molar-refractivity contribution < 1.29 is 14.3 Å². The summed E-state index contributed by atoms with van der Waals surface area (Å²) in [6, 6.07) is 0. The molecule has 0 atom stereocenters. The summed E-state index contributed by atoms with van der Waals surface area (Å²) < 4.78 is 7.48. The predicted octanol–water partition coefficient (Wildman–Crippen LogP) is 0.286. The molecule has 0 aliphatic carbocycles. The van der Waals surface area contributed by atoms with Crippen molar-refractivity contribution in [3.63, 3.8) is 0 Å². The summed E-state index contributed by atoms with van der Waals surface area (Å²) in [6.07, 6.45) is 0. The monoisotopic (exact) mass is 453 g/mol. The molecule has 174 valence electrons.